The van der Waals surface area contributed by atoms with E-state index in [9.17, 15) is 32.7 Å². The van der Waals surface area contributed by atoms with E-state index in [1.807, 2.05) is 12.2 Å². The van der Waals surface area contributed by atoms with Crippen LogP contribution in [0.2, 0.25) is 0 Å². The maximum atomic E-state index is 14.2. The number of carbonyl (C=O) groups excluding carboxylic acids is 2. The molecule has 3 heterocycles. The number of allylic oxidation sites excluding steroid dienone is 1. The third kappa shape index (κ3) is 6.47. The van der Waals surface area contributed by atoms with Crippen LogP contribution in [0.25, 0.3) is 11.1 Å². The van der Waals surface area contributed by atoms with E-state index in [-0.39, 0.29) is 37.1 Å². The molecule has 0 unspecified atom stereocenters. The van der Waals surface area contributed by atoms with Gasteiger partial charge in [-0.3, -0.25) is 9.59 Å². The molecule has 1 aromatic heterocycles. The Bertz CT molecular complexity index is 1590. The summed E-state index contributed by atoms with van der Waals surface area (Å²) in [6.07, 6.45) is 1.81. The first-order valence-electron chi connectivity index (χ1n) is 15.0. The molecule has 3 aliphatic rings. The predicted octanol–water partition coefficient (Wildman–Crippen LogP) is 5.16. The Morgan fingerprint density at radius 3 is 2.73 bits per heavy atom. The van der Waals surface area contributed by atoms with Crippen molar-refractivity contribution in [2.75, 3.05) is 11.9 Å². The normalized spacial score (nSPS) is 28.3. The van der Waals surface area contributed by atoms with Crippen molar-refractivity contribution in [1.29, 1.82) is 0 Å². The fourth-order valence-electron chi connectivity index (χ4n) is 6.18. The molecule has 238 valence electrons. The van der Waals surface area contributed by atoms with E-state index in [1.54, 1.807) is 24.3 Å². The molecule has 0 radical (unpaired) electrons. The number of aromatic nitrogens is 1. The number of aliphatic carboxylic acids is 1. The van der Waals surface area contributed by atoms with E-state index in [0.29, 0.717) is 30.4 Å². The van der Waals surface area contributed by atoms with Crippen LogP contribution in [0.4, 0.5) is 18.9 Å². The second kappa shape index (κ2) is 12.1. The second-order valence-corrected chi connectivity index (χ2v) is 11.8. The fraction of sp³-hybridized carbons (Fsp3) is 0.438. The molecule has 10 nitrogen and oxygen atoms in total. The number of hydrogen-bond acceptors (Lipinski definition) is 7. The van der Waals surface area contributed by atoms with Crippen LogP contribution in [0, 0.1) is 5.92 Å². The van der Waals surface area contributed by atoms with Crippen LogP contribution in [-0.4, -0.2) is 63.0 Å². The molecular formula is C32H33F3N4O6. The van der Waals surface area contributed by atoms with Gasteiger partial charge in [0.15, 0.2) is 5.58 Å². The molecule has 2 fully saturated rings. The number of carbonyl (C=O) groups is 3. The Morgan fingerprint density at radius 2 is 1.96 bits per heavy atom. The maximum Gasteiger partial charge on any atom is 0.416 e. The average Bonchev–Trinajstić information content (AvgIpc) is 3.31. The van der Waals surface area contributed by atoms with Crippen molar-refractivity contribution in [2.24, 2.45) is 5.92 Å². The molecule has 1 saturated carbocycles. The Labute approximate surface area is 256 Å². The summed E-state index contributed by atoms with van der Waals surface area (Å²) in [6, 6.07) is 9.63. The lowest BCUT2D eigenvalue weighted by Crippen LogP contribution is -2.55. The second-order valence-electron chi connectivity index (χ2n) is 11.8. The number of alkyl halides is 3. The van der Waals surface area contributed by atoms with E-state index in [1.165, 1.54) is 17.0 Å². The van der Waals surface area contributed by atoms with E-state index in [4.69, 9.17) is 9.15 Å². The number of oxazole rings is 1. The number of hydrogen-bond donors (Lipinski definition) is 3. The number of anilines is 1. The van der Waals surface area contributed by atoms with Gasteiger partial charge >= 0.3 is 18.2 Å². The smallest absolute Gasteiger partial charge is 0.416 e. The van der Waals surface area contributed by atoms with Crippen LogP contribution in [0.5, 0.6) is 6.08 Å². The van der Waals surface area contributed by atoms with Gasteiger partial charge in [-0.2, -0.15) is 18.2 Å². The molecule has 13 heteroatoms. The summed E-state index contributed by atoms with van der Waals surface area (Å²) in [7, 11) is 0. The number of halogens is 3. The molecule has 0 bridgehead atoms. The maximum absolute atomic E-state index is 14.2. The average molecular weight is 627 g/mol. The van der Waals surface area contributed by atoms with Crippen molar-refractivity contribution in [2.45, 2.75) is 74.8 Å². The molecule has 2 amide bonds. The molecule has 2 aliphatic heterocycles. The van der Waals surface area contributed by atoms with Gasteiger partial charge in [0.1, 0.15) is 29.2 Å². The highest BCUT2D eigenvalue weighted by Crippen LogP contribution is 2.45. The quantitative estimate of drug-likeness (QED) is 0.331. The summed E-state index contributed by atoms with van der Waals surface area (Å²) in [5, 5.41) is 15.7. The minimum absolute atomic E-state index is 0.0305. The number of benzene rings is 2. The Balaban J connectivity index is 1.30. The van der Waals surface area contributed by atoms with Crippen molar-refractivity contribution < 1.29 is 41.8 Å². The lowest BCUT2D eigenvalue weighted by Gasteiger charge is -2.30. The molecule has 1 saturated heterocycles. The van der Waals surface area contributed by atoms with Crippen LogP contribution < -0.4 is 15.4 Å². The molecule has 3 aromatic rings. The van der Waals surface area contributed by atoms with Gasteiger partial charge in [-0.1, -0.05) is 43.2 Å². The van der Waals surface area contributed by atoms with Gasteiger partial charge in [0.05, 0.1) is 12.1 Å². The van der Waals surface area contributed by atoms with Gasteiger partial charge < -0.3 is 29.8 Å². The van der Waals surface area contributed by atoms with Crippen LogP contribution in [0.1, 0.15) is 50.5 Å². The number of nitrogens with zero attached hydrogens (tertiary/aromatic N) is 2. The van der Waals surface area contributed by atoms with Gasteiger partial charge in [0, 0.05) is 18.0 Å². The van der Waals surface area contributed by atoms with Crippen LogP contribution in [0.15, 0.2) is 65.1 Å². The van der Waals surface area contributed by atoms with Crippen LogP contribution in [-0.2, 0) is 20.6 Å². The zero-order valence-corrected chi connectivity index (χ0v) is 24.3. The molecule has 5 atom stereocenters. The first kappa shape index (κ1) is 30.5. The third-order valence-corrected chi connectivity index (χ3v) is 8.69. The highest BCUT2D eigenvalue weighted by molar-refractivity contribution is 5.96. The topological polar surface area (TPSA) is 134 Å². The van der Waals surface area contributed by atoms with Crippen molar-refractivity contribution >= 4 is 34.6 Å². The highest BCUT2D eigenvalue weighted by atomic mass is 19.4. The van der Waals surface area contributed by atoms with Crippen LogP contribution in [0.3, 0.4) is 0 Å². The minimum atomic E-state index is -4.56. The number of carboxylic acid groups (broad SMARTS) is 1. The monoisotopic (exact) mass is 626 g/mol. The van der Waals surface area contributed by atoms with E-state index >= 15 is 0 Å². The summed E-state index contributed by atoms with van der Waals surface area (Å²) >= 11 is 0. The first-order chi connectivity index (χ1) is 21.5. The van der Waals surface area contributed by atoms with Crippen molar-refractivity contribution in [1.82, 2.24) is 15.2 Å². The van der Waals surface area contributed by atoms with Gasteiger partial charge in [0.2, 0.25) is 11.8 Å². The highest BCUT2D eigenvalue weighted by Gasteiger charge is 2.61. The zero-order chi connectivity index (χ0) is 31.8. The van der Waals surface area contributed by atoms with E-state index in [0.717, 1.165) is 25.0 Å². The zero-order valence-electron chi connectivity index (χ0n) is 24.3. The Kier molecular flexibility index (Phi) is 8.19. The largest absolute Gasteiger partial charge is 0.479 e. The van der Waals surface area contributed by atoms with E-state index in [2.05, 4.69) is 15.6 Å². The Morgan fingerprint density at radius 1 is 1.13 bits per heavy atom. The molecule has 45 heavy (non-hydrogen) atoms. The Hall–Kier alpha value is -4.55. The number of fused-ring (bicyclic) bond motifs is 3. The van der Waals surface area contributed by atoms with Crippen molar-refractivity contribution in [3.63, 3.8) is 0 Å². The summed E-state index contributed by atoms with van der Waals surface area (Å²) < 4.78 is 52.0. The van der Waals surface area contributed by atoms with Crippen molar-refractivity contribution in [3.8, 4) is 6.08 Å². The first-order valence-corrected chi connectivity index (χ1v) is 15.0. The number of rotatable bonds is 5. The minimum Gasteiger partial charge on any atom is -0.479 e. The fourth-order valence-corrected chi connectivity index (χ4v) is 6.18. The molecule has 2 aromatic carbocycles. The number of nitrogens with one attached hydrogen (secondary N) is 2. The number of para-hydroxylation sites is 2. The summed E-state index contributed by atoms with van der Waals surface area (Å²) in [5.41, 5.74) is -1.15. The molecule has 1 aliphatic carbocycles. The van der Waals surface area contributed by atoms with Crippen molar-refractivity contribution in [3.05, 3.63) is 66.2 Å². The molecule has 3 N–H and O–H groups in total. The number of carboxylic acids is 1. The molecule has 0 spiro atoms. The lowest BCUT2D eigenvalue weighted by atomic mass is 10.0. The summed E-state index contributed by atoms with van der Waals surface area (Å²) in [6.45, 7) is -0.0418. The number of amides is 2. The van der Waals surface area contributed by atoms with Gasteiger partial charge in [0.25, 0.3) is 0 Å². The number of ether oxygens (including phenoxy) is 1. The molecular weight excluding hydrogens is 593 g/mol. The van der Waals surface area contributed by atoms with Gasteiger partial charge in [-0.15, -0.1) is 0 Å². The predicted molar refractivity (Wildman–Crippen MR) is 156 cm³/mol. The van der Waals surface area contributed by atoms with Gasteiger partial charge in [-0.05, 0) is 56.0 Å². The summed E-state index contributed by atoms with van der Waals surface area (Å²) in [5.74, 6) is -2.68. The van der Waals surface area contributed by atoms with Gasteiger partial charge in [-0.25, -0.2) is 4.79 Å². The standard InChI is InChI=1S/C32H33F3N4O6/c33-32(34,35)19-10-8-11-21(15-19)36-24-13-5-3-1-2-4-9-20-17-31(20,29(42)43)38-27(40)25-16-22(18-39(25)28(24)41)44-30-37-23-12-6-7-14-26(23)45-30/h4,6-12,14-15,20,22,24-25,36H,1-3,5,13,16-18H2,(H,38,40)(H,42,43)/b9-4-/t20-,22+,24-,25-,31+/m0/s1. The van der Waals surface area contributed by atoms with Crippen LogP contribution >= 0.6 is 0 Å². The lowest BCUT2D eigenvalue weighted by molar-refractivity contribution is -0.145. The van der Waals surface area contributed by atoms with E-state index < -0.39 is 53.2 Å². The summed E-state index contributed by atoms with van der Waals surface area (Å²) in [4.78, 5) is 45.9. The SMILES string of the molecule is O=C1N[C@]2(C(=O)O)C[C@@H]2/C=C\CCCCC[C@H](Nc2cccc(C(F)(F)F)c2)C(=O)N2C[C@H](Oc3nc4ccccc4o3)C[C@@H]12. The molecule has 6 rings (SSSR count). The third-order valence-electron chi connectivity index (χ3n) is 8.69.